The Morgan fingerprint density at radius 3 is 2.71 bits per heavy atom. The molecule has 0 aliphatic heterocycles. The van der Waals surface area contributed by atoms with Gasteiger partial charge in [0.1, 0.15) is 0 Å². The van der Waals surface area contributed by atoms with Crippen LogP contribution in [0.2, 0.25) is 0 Å². The summed E-state index contributed by atoms with van der Waals surface area (Å²) in [7, 11) is 0. The molecule has 0 saturated carbocycles. The van der Waals surface area contributed by atoms with E-state index in [1.807, 2.05) is 18.2 Å². The van der Waals surface area contributed by atoms with E-state index in [1.165, 1.54) is 5.56 Å². The molecule has 0 aliphatic rings. The normalized spacial score (nSPS) is 12.7. The third kappa shape index (κ3) is 4.97. The topological polar surface area (TPSA) is 41.5 Å². The predicted molar refractivity (Wildman–Crippen MR) is 55.8 cm³/mol. The molecule has 1 rings (SSSR count). The van der Waals surface area contributed by atoms with Gasteiger partial charge in [0, 0.05) is 13.1 Å². The highest BCUT2D eigenvalue weighted by Crippen LogP contribution is 1.96. The van der Waals surface area contributed by atoms with E-state index < -0.39 is 6.29 Å². The maximum absolute atomic E-state index is 8.82. The van der Waals surface area contributed by atoms with Gasteiger partial charge < -0.3 is 15.2 Å². The van der Waals surface area contributed by atoms with Crippen LogP contribution >= 0.6 is 0 Å². The van der Waals surface area contributed by atoms with Crippen molar-refractivity contribution in [3.8, 4) is 0 Å². The zero-order valence-corrected chi connectivity index (χ0v) is 8.44. The molecule has 0 amide bonds. The van der Waals surface area contributed by atoms with Gasteiger partial charge in [0.25, 0.3) is 0 Å². The minimum atomic E-state index is -0.673. The average Bonchev–Trinajstić information content (AvgIpc) is 2.18. The van der Waals surface area contributed by atoms with Crippen LogP contribution in [-0.2, 0) is 11.3 Å². The first-order chi connectivity index (χ1) is 6.79. The number of hydrogen-bond acceptors (Lipinski definition) is 3. The molecule has 1 atom stereocenters. The van der Waals surface area contributed by atoms with E-state index in [1.54, 1.807) is 6.92 Å². The van der Waals surface area contributed by atoms with Crippen molar-refractivity contribution in [1.82, 2.24) is 5.32 Å². The van der Waals surface area contributed by atoms with Gasteiger partial charge in [-0.2, -0.15) is 0 Å². The third-order valence-electron chi connectivity index (χ3n) is 1.81. The number of aliphatic hydroxyl groups excluding tert-OH is 1. The second-order valence-electron chi connectivity index (χ2n) is 3.13. The number of rotatable bonds is 6. The quantitative estimate of drug-likeness (QED) is 0.528. The van der Waals surface area contributed by atoms with Crippen LogP contribution in [0.1, 0.15) is 12.5 Å². The number of nitrogens with one attached hydrogen (secondary N) is 1. The highest BCUT2D eigenvalue weighted by molar-refractivity contribution is 5.14. The minimum absolute atomic E-state index is 0.532. The van der Waals surface area contributed by atoms with Gasteiger partial charge >= 0.3 is 0 Å². The third-order valence-corrected chi connectivity index (χ3v) is 1.81. The molecule has 1 aromatic carbocycles. The second kappa shape index (κ2) is 6.54. The standard InChI is InChI=1S/C11H17NO2/c1-10(13)14-8-7-12-9-11-5-3-2-4-6-11/h2-6,10,12-13H,7-9H2,1H3. The SMILES string of the molecule is CC(O)OCCNCc1ccccc1. The van der Waals surface area contributed by atoms with Crippen molar-refractivity contribution in [2.75, 3.05) is 13.2 Å². The summed E-state index contributed by atoms with van der Waals surface area (Å²) in [5.74, 6) is 0. The molecule has 3 nitrogen and oxygen atoms in total. The van der Waals surface area contributed by atoms with Crippen molar-refractivity contribution in [1.29, 1.82) is 0 Å². The van der Waals surface area contributed by atoms with Crippen LogP contribution in [-0.4, -0.2) is 24.5 Å². The van der Waals surface area contributed by atoms with E-state index in [0.29, 0.717) is 6.61 Å². The van der Waals surface area contributed by atoms with Crippen molar-refractivity contribution in [3.63, 3.8) is 0 Å². The van der Waals surface area contributed by atoms with Gasteiger partial charge in [-0.1, -0.05) is 30.3 Å². The Kier molecular flexibility index (Phi) is 5.22. The summed E-state index contributed by atoms with van der Waals surface area (Å²) in [6, 6.07) is 10.2. The zero-order valence-electron chi connectivity index (χ0n) is 8.44. The fourth-order valence-corrected chi connectivity index (χ4v) is 1.13. The van der Waals surface area contributed by atoms with Crippen LogP contribution in [0.25, 0.3) is 0 Å². The van der Waals surface area contributed by atoms with Gasteiger partial charge in [0.05, 0.1) is 6.61 Å². The van der Waals surface area contributed by atoms with E-state index in [0.717, 1.165) is 13.1 Å². The van der Waals surface area contributed by atoms with Gasteiger partial charge in [-0.3, -0.25) is 0 Å². The van der Waals surface area contributed by atoms with E-state index >= 15 is 0 Å². The summed E-state index contributed by atoms with van der Waals surface area (Å²) >= 11 is 0. The maximum atomic E-state index is 8.82. The number of hydrogen-bond donors (Lipinski definition) is 2. The van der Waals surface area contributed by atoms with Crippen molar-refractivity contribution >= 4 is 0 Å². The summed E-state index contributed by atoms with van der Waals surface area (Å²) in [6.45, 7) is 3.73. The summed E-state index contributed by atoms with van der Waals surface area (Å²) in [5.41, 5.74) is 1.25. The molecule has 78 valence electrons. The molecule has 1 unspecified atom stereocenters. The van der Waals surface area contributed by atoms with E-state index in [2.05, 4.69) is 17.4 Å². The lowest BCUT2D eigenvalue weighted by Crippen LogP contribution is -2.21. The Labute approximate surface area is 84.7 Å². The average molecular weight is 195 g/mol. The fourth-order valence-electron chi connectivity index (χ4n) is 1.13. The van der Waals surface area contributed by atoms with Crippen LogP contribution in [0.4, 0.5) is 0 Å². The first-order valence-electron chi connectivity index (χ1n) is 4.83. The molecule has 0 radical (unpaired) electrons. The van der Waals surface area contributed by atoms with Gasteiger partial charge in [-0.25, -0.2) is 0 Å². The van der Waals surface area contributed by atoms with Gasteiger partial charge in [-0.05, 0) is 12.5 Å². The molecule has 14 heavy (non-hydrogen) atoms. The second-order valence-corrected chi connectivity index (χ2v) is 3.13. The predicted octanol–water partition coefficient (Wildman–Crippen LogP) is 1.13. The highest BCUT2D eigenvalue weighted by Gasteiger charge is 1.94. The Bertz CT molecular complexity index is 236. The lowest BCUT2D eigenvalue weighted by atomic mass is 10.2. The molecule has 1 aromatic rings. The molecule has 3 heteroatoms. The van der Waals surface area contributed by atoms with E-state index in [4.69, 9.17) is 9.84 Å². The van der Waals surface area contributed by atoms with Gasteiger partial charge in [0.2, 0.25) is 0 Å². The Balaban J connectivity index is 2.05. The summed E-state index contributed by atoms with van der Waals surface area (Å²) in [4.78, 5) is 0. The Hall–Kier alpha value is -0.900. The first-order valence-corrected chi connectivity index (χ1v) is 4.83. The summed E-state index contributed by atoms with van der Waals surface area (Å²) in [5, 5.41) is 12.0. The van der Waals surface area contributed by atoms with Crippen LogP contribution in [0.5, 0.6) is 0 Å². The van der Waals surface area contributed by atoms with Crippen molar-refractivity contribution in [2.24, 2.45) is 0 Å². The highest BCUT2D eigenvalue weighted by atomic mass is 16.6. The summed E-state index contributed by atoms with van der Waals surface area (Å²) in [6.07, 6.45) is -0.673. The van der Waals surface area contributed by atoms with Crippen molar-refractivity contribution in [2.45, 2.75) is 19.8 Å². The van der Waals surface area contributed by atoms with Crippen molar-refractivity contribution in [3.05, 3.63) is 35.9 Å². The number of ether oxygens (including phenoxy) is 1. The van der Waals surface area contributed by atoms with Crippen LogP contribution in [0.15, 0.2) is 30.3 Å². The molecular formula is C11H17NO2. The number of aliphatic hydroxyl groups is 1. The van der Waals surface area contributed by atoms with E-state index in [-0.39, 0.29) is 0 Å². The largest absolute Gasteiger partial charge is 0.368 e. The Morgan fingerprint density at radius 1 is 1.36 bits per heavy atom. The molecule has 0 spiro atoms. The smallest absolute Gasteiger partial charge is 0.151 e. The molecule has 2 N–H and O–H groups in total. The molecule has 0 saturated heterocycles. The lowest BCUT2D eigenvalue weighted by molar-refractivity contribution is -0.0834. The van der Waals surface area contributed by atoms with Crippen LogP contribution < -0.4 is 5.32 Å². The van der Waals surface area contributed by atoms with E-state index in [9.17, 15) is 0 Å². The number of benzene rings is 1. The Morgan fingerprint density at radius 2 is 2.07 bits per heavy atom. The van der Waals surface area contributed by atoms with Gasteiger partial charge in [0.15, 0.2) is 6.29 Å². The molecule has 0 bridgehead atoms. The summed E-state index contributed by atoms with van der Waals surface area (Å²) < 4.78 is 4.97. The minimum Gasteiger partial charge on any atom is -0.368 e. The zero-order chi connectivity index (χ0) is 10.2. The lowest BCUT2D eigenvalue weighted by Gasteiger charge is -2.07. The monoisotopic (exact) mass is 195 g/mol. The molecule has 0 heterocycles. The molecule has 0 aromatic heterocycles. The molecule has 0 fully saturated rings. The molecule has 0 aliphatic carbocycles. The van der Waals surface area contributed by atoms with Crippen molar-refractivity contribution < 1.29 is 9.84 Å². The van der Waals surface area contributed by atoms with Crippen LogP contribution in [0.3, 0.4) is 0 Å². The fraction of sp³-hybridized carbons (Fsp3) is 0.455. The molecular weight excluding hydrogens is 178 g/mol. The van der Waals surface area contributed by atoms with Crippen LogP contribution in [0, 0.1) is 0 Å². The van der Waals surface area contributed by atoms with Gasteiger partial charge in [-0.15, -0.1) is 0 Å². The maximum Gasteiger partial charge on any atom is 0.151 e. The first kappa shape index (κ1) is 11.2.